The Kier molecular flexibility index (Phi) is 3.98. The number of aromatic hydroxyl groups is 1. The van der Waals surface area contributed by atoms with E-state index < -0.39 is 0 Å². The van der Waals surface area contributed by atoms with E-state index in [1.54, 1.807) is 30.5 Å². The minimum Gasteiger partial charge on any atom is -0.507 e. The maximum absolute atomic E-state index is 11.9. The van der Waals surface area contributed by atoms with E-state index in [9.17, 15) is 9.90 Å². The number of hydrogen-bond acceptors (Lipinski definition) is 3. The molecule has 1 amide bonds. The van der Waals surface area contributed by atoms with Crippen LogP contribution in [0.25, 0.3) is 0 Å². The summed E-state index contributed by atoms with van der Waals surface area (Å²) < 4.78 is 1.23. The summed E-state index contributed by atoms with van der Waals surface area (Å²) in [6.45, 7) is 0. The number of anilines is 1. The van der Waals surface area contributed by atoms with Crippen molar-refractivity contribution in [3.05, 3.63) is 51.0 Å². The average molecular weight is 372 g/mol. The van der Waals surface area contributed by atoms with Crippen LogP contribution >= 0.6 is 31.9 Å². The molecule has 4 nitrogen and oxygen atoms in total. The van der Waals surface area contributed by atoms with Crippen LogP contribution < -0.4 is 5.32 Å². The third-order valence-electron chi connectivity index (χ3n) is 2.20. The molecule has 0 unspecified atom stereocenters. The van der Waals surface area contributed by atoms with Gasteiger partial charge in [0.05, 0.1) is 8.95 Å². The van der Waals surface area contributed by atoms with Gasteiger partial charge in [0.1, 0.15) is 11.6 Å². The number of benzene rings is 1. The molecule has 18 heavy (non-hydrogen) atoms. The van der Waals surface area contributed by atoms with Crippen LogP contribution in [0.2, 0.25) is 0 Å². The lowest BCUT2D eigenvalue weighted by molar-refractivity contribution is 0.102. The number of carbonyl (C=O) groups excluding carboxylic acids is 1. The highest BCUT2D eigenvalue weighted by molar-refractivity contribution is 9.11. The topological polar surface area (TPSA) is 62.2 Å². The number of carbonyl (C=O) groups is 1. The summed E-state index contributed by atoms with van der Waals surface area (Å²) in [7, 11) is 0. The third-order valence-corrected chi connectivity index (χ3v) is 3.51. The van der Waals surface area contributed by atoms with Gasteiger partial charge in [-0.25, -0.2) is 4.98 Å². The Bertz CT molecular complexity index is 602. The fraction of sp³-hybridized carbons (Fsp3) is 0. The number of nitrogens with zero attached hydrogens (tertiary/aromatic N) is 1. The van der Waals surface area contributed by atoms with Gasteiger partial charge >= 0.3 is 0 Å². The molecule has 2 N–H and O–H groups in total. The number of nitrogens with one attached hydrogen (secondary N) is 1. The van der Waals surface area contributed by atoms with E-state index in [0.717, 1.165) is 0 Å². The minimum absolute atomic E-state index is 0.0164. The molecular formula is C12H8Br2N2O2. The Morgan fingerprint density at radius 2 is 2.00 bits per heavy atom. The van der Waals surface area contributed by atoms with Gasteiger partial charge in [0.2, 0.25) is 0 Å². The van der Waals surface area contributed by atoms with Crippen molar-refractivity contribution >= 4 is 43.6 Å². The summed E-state index contributed by atoms with van der Waals surface area (Å²) in [6.07, 6.45) is 1.58. The van der Waals surface area contributed by atoms with Crippen LogP contribution in [0, 0.1) is 0 Å². The quantitative estimate of drug-likeness (QED) is 0.848. The molecule has 0 radical (unpaired) electrons. The van der Waals surface area contributed by atoms with Crippen molar-refractivity contribution in [1.82, 2.24) is 4.98 Å². The minimum atomic E-state index is -0.336. The first-order chi connectivity index (χ1) is 8.58. The zero-order valence-corrected chi connectivity index (χ0v) is 12.2. The highest BCUT2D eigenvalue weighted by Crippen LogP contribution is 2.25. The lowest BCUT2D eigenvalue weighted by Gasteiger charge is -2.06. The summed E-state index contributed by atoms with van der Waals surface area (Å²) in [5, 5.41) is 12.2. The molecule has 0 spiro atoms. The standard InChI is InChI=1S/C12H8Br2N2O2/c13-8-4-3-7(6-10(8)17)12(18)16-11-9(14)2-1-5-15-11/h1-6,17H,(H,15,16,18). The molecule has 1 aromatic carbocycles. The van der Waals surface area contributed by atoms with Crippen LogP contribution in [0.1, 0.15) is 10.4 Å². The molecule has 0 bridgehead atoms. The van der Waals surface area contributed by atoms with Crippen LogP contribution in [0.4, 0.5) is 5.82 Å². The molecule has 2 aromatic rings. The number of hydrogen-bond donors (Lipinski definition) is 2. The Morgan fingerprint density at radius 1 is 1.22 bits per heavy atom. The second kappa shape index (κ2) is 5.49. The summed E-state index contributed by atoms with van der Waals surface area (Å²) in [6, 6.07) is 8.14. The largest absolute Gasteiger partial charge is 0.507 e. The second-order valence-electron chi connectivity index (χ2n) is 3.45. The second-order valence-corrected chi connectivity index (χ2v) is 5.16. The van der Waals surface area contributed by atoms with Crippen molar-refractivity contribution in [2.75, 3.05) is 5.32 Å². The highest BCUT2D eigenvalue weighted by Gasteiger charge is 2.10. The molecule has 1 aromatic heterocycles. The van der Waals surface area contributed by atoms with Crippen molar-refractivity contribution < 1.29 is 9.90 Å². The zero-order valence-electron chi connectivity index (χ0n) is 9.02. The molecule has 0 atom stereocenters. The van der Waals surface area contributed by atoms with Gasteiger partial charge in [-0.05, 0) is 62.2 Å². The molecule has 1 heterocycles. The van der Waals surface area contributed by atoms with Gasteiger partial charge in [-0.3, -0.25) is 4.79 Å². The molecule has 6 heteroatoms. The van der Waals surface area contributed by atoms with Gasteiger partial charge in [-0.15, -0.1) is 0 Å². The number of amides is 1. The van der Waals surface area contributed by atoms with E-state index >= 15 is 0 Å². The van der Waals surface area contributed by atoms with E-state index in [0.29, 0.717) is 20.3 Å². The molecule has 0 aliphatic carbocycles. The fourth-order valence-electron chi connectivity index (χ4n) is 1.31. The predicted octanol–water partition coefficient (Wildman–Crippen LogP) is 3.56. The number of halogens is 2. The van der Waals surface area contributed by atoms with Gasteiger partial charge in [-0.2, -0.15) is 0 Å². The van der Waals surface area contributed by atoms with Gasteiger partial charge in [0.15, 0.2) is 0 Å². The predicted molar refractivity (Wildman–Crippen MR) is 75.7 cm³/mol. The van der Waals surface area contributed by atoms with Crippen LogP contribution in [0.5, 0.6) is 5.75 Å². The number of phenolic OH excluding ortho intramolecular Hbond substituents is 1. The van der Waals surface area contributed by atoms with E-state index in [2.05, 4.69) is 42.2 Å². The first-order valence-corrected chi connectivity index (χ1v) is 6.57. The van der Waals surface area contributed by atoms with Crippen LogP contribution in [-0.2, 0) is 0 Å². The molecule has 2 rings (SSSR count). The van der Waals surface area contributed by atoms with Crippen molar-refractivity contribution in [1.29, 1.82) is 0 Å². The van der Waals surface area contributed by atoms with Gasteiger partial charge in [0, 0.05) is 11.8 Å². The normalized spacial score (nSPS) is 10.1. The van der Waals surface area contributed by atoms with Crippen LogP contribution in [0.3, 0.4) is 0 Å². The maximum atomic E-state index is 11.9. The molecule has 0 saturated heterocycles. The third kappa shape index (κ3) is 2.88. The van der Waals surface area contributed by atoms with Crippen molar-refractivity contribution in [2.45, 2.75) is 0 Å². The van der Waals surface area contributed by atoms with E-state index in [-0.39, 0.29) is 11.7 Å². The Balaban J connectivity index is 2.22. The zero-order chi connectivity index (χ0) is 13.1. The van der Waals surface area contributed by atoms with E-state index in [4.69, 9.17) is 0 Å². The smallest absolute Gasteiger partial charge is 0.256 e. The monoisotopic (exact) mass is 370 g/mol. The van der Waals surface area contributed by atoms with Crippen molar-refractivity contribution in [3.63, 3.8) is 0 Å². The fourth-order valence-corrected chi connectivity index (χ4v) is 1.91. The number of pyridine rings is 1. The number of phenols is 1. The van der Waals surface area contributed by atoms with Gasteiger partial charge < -0.3 is 10.4 Å². The first-order valence-electron chi connectivity index (χ1n) is 4.98. The lowest BCUT2D eigenvalue weighted by Crippen LogP contribution is -2.13. The molecular weight excluding hydrogens is 364 g/mol. The Labute approximate surface area is 120 Å². The number of aromatic nitrogens is 1. The van der Waals surface area contributed by atoms with Gasteiger partial charge in [0.25, 0.3) is 5.91 Å². The van der Waals surface area contributed by atoms with Crippen LogP contribution in [0.15, 0.2) is 45.5 Å². The number of rotatable bonds is 2. The molecule has 0 aliphatic heterocycles. The lowest BCUT2D eigenvalue weighted by atomic mass is 10.2. The maximum Gasteiger partial charge on any atom is 0.256 e. The van der Waals surface area contributed by atoms with E-state index in [1.807, 2.05) is 0 Å². The highest BCUT2D eigenvalue weighted by atomic mass is 79.9. The van der Waals surface area contributed by atoms with Crippen molar-refractivity contribution in [2.24, 2.45) is 0 Å². The van der Waals surface area contributed by atoms with Gasteiger partial charge in [-0.1, -0.05) is 0 Å². The van der Waals surface area contributed by atoms with Crippen molar-refractivity contribution in [3.8, 4) is 5.75 Å². The SMILES string of the molecule is O=C(Nc1ncccc1Br)c1ccc(Br)c(O)c1. The Hall–Kier alpha value is -1.40. The average Bonchev–Trinajstić information content (AvgIpc) is 2.35. The van der Waals surface area contributed by atoms with E-state index in [1.165, 1.54) is 6.07 Å². The summed E-state index contributed by atoms with van der Waals surface area (Å²) in [5.74, 6) is 0.116. The molecule has 0 saturated carbocycles. The summed E-state index contributed by atoms with van der Waals surface area (Å²) in [4.78, 5) is 16.0. The summed E-state index contributed by atoms with van der Waals surface area (Å²) in [5.41, 5.74) is 0.355. The molecule has 0 aliphatic rings. The molecule has 92 valence electrons. The Morgan fingerprint density at radius 3 is 2.67 bits per heavy atom. The molecule has 0 fully saturated rings. The van der Waals surface area contributed by atoms with Crippen LogP contribution in [-0.4, -0.2) is 16.0 Å². The first kappa shape index (κ1) is 13.0. The summed E-state index contributed by atoms with van der Waals surface area (Å²) >= 11 is 6.44.